The van der Waals surface area contributed by atoms with E-state index in [4.69, 9.17) is 24.0 Å². The van der Waals surface area contributed by atoms with Crippen LogP contribution in [0.5, 0.6) is 11.5 Å². The minimum Gasteiger partial charge on any atom is -0.457 e. The average molecular weight is 449 g/mol. The largest absolute Gasteiger partial charge is 0.639 e. The monoisotopic (exact) mass is 449 g/mol. The Hall–Kier alpha value is -1.60. The van der Waals surface area contributed by atoms with E-state index < -0.39 is 7.32 Å². The summed E-state index contributed by atoms with van der Waals surface area (Å²) in [6.07, 6.45) is 1.98. The maximum absolute atomic E-state index is 8.84. The standard InChI is InChI=1S/C18H17BINO4/c20-18-8-7-17(25-16-5-3-14(12-21)4-6-16)11-15(18)13-24-19-22-9-1-2-10-23-19/h3-8,11H,1-2,9-10,13H2. The third-order valence-electron chi connectivity index (χ3n) is 3.66. The molecule has 0 spiro atoms. The molecule has 7 heteroatoms. The van der Waals surface area contributed by atoms with Crippen molar-refractivity contribution in [1.29, 1.82) is 5.26 Å². The lowest BCUT2D eigenvalue weighted by Gasteiger charge is -2.13. The van der Waals surface area contributed by atoms with Gasteiger partial charge in [0.1, 0.15) is 11.5 Å². The zero-order valence-electron chi connectivity index (χ0n) is 13.6. The maximum atomic E-state index is 8.84. The molecule has 2 aromatic carbocycles. The van der Waals surface area contributed by atoms with E-state index in [1.165, 1.54) is 0 Å². The Labute approximate surface area is 161 Å². The van der Waals surface area contributed by atoms with Gasteiger partial charge in [-0.05, 0) is 83.5 Å². The van der Waals surface area contributed by atoms with Crippen molar-refractivity contribution in [3.8, 4) is 17.6 Å². The Kier molecular flexibility index (Phi) is 6.70. The topological polar surface area (TPSA) is 60.7 Å². The van der Waals surface area contributed by atoms with Gasteiger partial charge in [0.05, 0.1) is 18.2 Å². The van der Waals surface area contributed by atoms with Gasteiger partial charge in [0.15, 0.2) is 0 Å². The van der Waals surface area contributed by atoms with E-state index >= 15 is 0 Å². The minimum absolute atomic E-state index is 0.382. The highest BCUT2D eigenvalue weighted by atomic mass is 127. The average Bonchev–Trinajstić information content (AvgIpc) is 2.91. The lowest BCUT2D eigenvalue weighted by atomic mass is 10.2. The second kappa shape index (κ2) is 9.20. The van der Waals surface area contributed by atoms with Crippen LogP contribution in [-0.2, 0) is 20.6 Å². The summed E-state index contributed by atoms with van der Waals surface area (Å²) in [6, 6.07) is 14.9. The van der Waals surface area contributed by atoms with Crippen molar-refractivity contribution >= 4 is 29.9 Å². The summed E-state index contributed by atoms with van der Waals surface area (Å²) in [4.78, 5) is 0. The number of nitriles is 1. The molecule has 0 bridgehead atoms. The Morgan fingerprint density at radius 2 is 1.72 bits per heavy atom. The molecule has 0 amide bonds. The van der Waals surface area contributed by atoms with Crippen LogP contribution in [0.2, 0.25) is 0 Å². The van der Waals surface area contributed by atoms with Crippen molar-refractivity contribution in [2.75, 3.05) is 13.2 Å². The quantitative estimate of drug-likeness (QED) is 0.504. The zero-order valence-corrected chi connectivity index (χ0v) is 15.8. The summed E-state index contributed by atoms with van der Waals surface area (Å²) in [5.41, 5.74) is 1.61. The van der Waals surface area contributed by atoms with Gasteiger partial charge in [0.2, 0.25) is 0 Å². The Bertz CT molecular complexity index is 740. The molecule has 0 aliphatic carbocycles. The minimum atomic E-state index is -0.610. The molecular formula is C18H17BINO4. The highest BCUT2D eigenvalue weighted by Crippen LogP contribution is 2.26. The van der Waals surface area contributed by atoms with Crippen LogP contribution in [-0.4, -0.2) is 20.5 Å². The molecule has 1 aliphatic heterocycles. The predicted molar refractivity (Wildman–Crippen MR) is 102 cm³/mol. The third-order valence-corrected chi connectivity index (χ3v) is 4.71. The van der Waals surface area contributed by atoms with E-state index in [2.05, 4.69) is 28.7 Å². The molecule has 1 heterocycles. The molecule has 1 fully saturated rings. The molecule has 2 aromatic rings. The number of ether oxygens (including phenoxy) is 1. The van der Waals surface area contributed by atoms with Crippen LogP contribution in [0.4, 0.5) is 0 Å². The summed E-state index contributed by atoms with van der Waals surface area (Å²) in [7, 11) is -0.610. The van der Waals surface area contributed by atoms with Gasteiger partial charge in [-0.2, -0.15) is 5.26 Å². The van der Waals surface area contributed by atoms with E-state index in [9.17, 15) is 0 Å². The van der Waals surface area contributed by atoms with Crippen molar-refractivity contribution in [1.82, 2.24) is 0 Å². The molecule has 0 atom stereocenters. The van der Waals surface area contributed by atoms with Crippen LogP contribution in [0.25, 0.3) is 0 Å². The van der Waals surface area contributed by atoms with E-state index in [-0.39, 0.29) is 0 Å². The van der Waals surface area contributed by atoms with Gasteiger partial charge < -0.3 is 18.7 Å². The highest BCUT2D eigenvalue weighted by molar-refractivity contribution is 14.1. The van der Waals surface area contributed by atoms with E-state index in [1.54, 1.807) is 24.3 Å². The normalized spacial score (nSPS) is 14.6. The lowest BCUT2D eigenvalue weighted by Crippen LogP contribution is -2.26. The molecule has 0 aromatic heterocycles. The zero-order chi connectivity index (χ0) is 17.5. The lowest BCUT2D eigenvalue weighted by molar-refractivity contribution is 0.107. The fraction of sp³-hybridized carbons (Fsp3) is 0.278. The molecular weight excluding hydrogens is 432 g/mol. The number of hydrogen-bond acceptors (Lipinski definition) is 5. The van der Waals surface area contributed by atoms with Gasteiger partial charge in [-0.3, -0.25) is 0 Å². The summed E-state index contributed by atoms with van der Waals surface area (Å²) in [5.74, 6) is 1.40. The summed E-state index contributed by atoms with van der Waals surface area (Å²) >= 11 is 2.27. The van der Waals surface area contributed by atoms with Crippen LogP contribution in [0, 0.1) is 14.9 Å². The predicted octanol–water partition coefficient (Wildman–Crippen LogP) is 4.28. The molecule has 5 nitrogen and oxygen atoms in total. The first kappa shape index (κ1) is 18.2. The third kappa shape index (κ3) is 5.44. The first-order valence-corrected chi connectivity index (χ1v) is 9.14. The Morgan fingerprint density at radius 3 is 2.40 bits per heavy atom. The van der Waals surface area contributed by atoms with Gasteiger partial charge in [0.25, 0.3) is 0 Å². The van der Waals surface area contributed by atoms with Crippen LogP contribution in [0.3, 0.4) is 0 Å². The van der Waals surface area contributed by atoms with Crippen LogP contribution >= 0.6 is 22.6 Å². The number of nitrogens with zero attached hydrogens (tertiary/aromatic N) is 1. The summed E-state index contributed by atoms with van der Waals surface area (Å²) < 4.78 is 23.7. The first-order valence-electron chi connectivity index (χ1n) is 8.06. The SMILES string of the molecule is N#Cc1ccc(Oc2ccc(I)c(COB3OCCCCO3)c2)cc1. The van der Waals surface area contributed by atoms with Crippen molar-refractivity contribution in [3.63, 3.8) is 0 Å². The van der Waals surface area contributed by atoms with E-state index in [0.717, 1.165) is 22.0 Å². The second-order valence-corrected chi connectivity index (χ2v) is 6.70. The maximum Gasteiger partial charge on any atom is 0.639 e. The van der Waals surface area contributed by atoms with Gasteiger partial charge in [-0.25, -0.2) is 0 Å². The van der Waals surface area contributed by atoms with E-state index in [0.29, 0.717) is 36.9 Å². The molecule has 1 aliphatic rings. The second-order valence-electron chi connectivity index (χ2n) is 5.54. The van der Waals surface area contributed by atoms with Crippen molar-refractivity contribution in [2.24, 2.45) is 0 Å². The van der Waals surface area contributed by atoms with Crippen LogP contribution in [0.1, 0.15) is 24.0 Å². The van der Waals surface area contributed by atoms with E-state index in [1.807, 2.05) is 18.2 Å². The smallest absolute Gasteiger partial charge is 0.457 e. The number of benzene rings is 2. The van der Waals surface area contributed by atoms with Gasteiger partial charge in [-0.15, -0.1) is 0 Å². The Balaban J connectivity index is 1.64. The molecule has 25 heavy (non-hydrogen) atoms. The number of rotatable bonds is 5. The van der Waals surface area contributed by atoms with Gasteiger partial charge in [-0.1, -0.05) is 0 Å². The first-order chi connectivity index (χ1) is 12.2. The molecule has 0 saturated carbocycles. The number of hydrogen-bond donors (Lipinski definition) is 0. The van der Waals surface area contributed by atoms with Crippen LogP contribution < -0.4 is 4.74 Å². The van der Waals surface area contributed by atoms with Gasteiger partial charge >= 0.3 is 7.32 Å². The molecule has 1 saturated heterocycles. The van der Waals surface area contributed by atoms with Crippen molar-refractivity contribution in [3.05, 3.63) is 57.2 Å². The molecule has 3 rings (SSSR count). The highest BCUT2D eigenvalue weighted by Gasteiger charge is 2.23. The summed E-state index contributed by atoms with van der Waals surface area (Å²) in [5, 5.41) is 8.84. The van der Waals surface area contributed by atoms with Crippen molar-refractivity contribution in [2.45, 2.75) is 19.4 Å². The Morgan fingerprint density at radius 1 is 1.04 bits per heavy atom. The molecule has 0 radical (unpaired) electrons. The molecule has 0 N–H and O–H groups in total. The van der Waals surface area contributed by atoms with Gasteiger partial charge in [0, 0.05) is 16.8 Å². The van der Waals surface area contributed by atoms with Crippen LogP contribution in [0.15, 0.2) is 42.5 Å². The fourth-order valence-electron chi connectivity index (χ4n) is 2.32. The molecule has 0 unspecified atom stereocenters. The number of halogens is 1. The fourth-order valence-corrected chi connectivity index (χ4v) is 2.82. The summed E-state index contributed by atoms with van der Waals surface area (Å²) in [6.45, 7) is 1.70. The van der Waals surface area contributed by atoms with Crippen molar-refractivity contribution < 1.29 is 18.7 Å². The molecule has 128 valence electrons.